The molecule has 194 valence electrons. The lowest BCUT2D eigenvalue weighted by atomic mass is 9.82. The Labute approximate surface area is 224 Å². The zero-order valence-corrected chi connectivity index (χ0v) is 22.3. The van der Waals surface area contributed by atoms with Gasteiger partial charge in [0.15, 0.2) is 0 Å². The zero-order valence-electron chi connectivity index (χ0n) is 22.3. The lowest BCUT2D eigenvalue weighted by Gasteiger charge is -2.36. The number of carbonyl (C=O) groups excluding carboxylic acids is 4. The minimum absolute atomic E-state index is 0.172. The Morgan fingerprint density at radius 3 is 1.28 bits per heavy atom. The van der Waals surface area contributed by atoms with Gasteiger partial charge in [-0.3, -0.25) is 14.5 Å². The SMILES string of the molecule is CC(C)CC(CC(C)C)N1C(=O)c2ccc3c4ccc5c6c(ccc(c7ccc(c2c37)C1=O)c64)C(=O)OC5=O. The smallest absolute Gasteiger partial charge is 0.346 e. The van der Waals surface area contributed by atoms with Crippen molar-refractivity contribution in [3.63, 3.8) is 0 Å². The first-order valence-electron chi connectivity index (χ1n) is 13.5. The Balaban J connectivity index is 1.54. The molecule has 2 aliphatic rings. The molecule has 0 spiro atoms. The number of nitrogens with zero attached hydrogens (tertiary/aromatic N) is 1. The van der Waals surface area contributed by atoms with Crippen LogP contribution >= 0.6 is 0 Å². The Morgan fingerprint density at radius 1 is 0.538 bits per heavy atom. The maximum atomic E-state index is 14.0. The number of fused-ring (bicyclic) bond motifs is 2. The number of imide groups is 1. The molecule has 0 fully saturated rings. The first-order valence-corrected chi connectivity index (χ1v) is 13.5. The highest BCUT2D eigenvalue weighted by Gasteiger charge is 2.39. The summed E-state index contributed by atoms with van der Waals surface area (Å²) in [7, 11) is 0. The van der Waals surface area contributed by atoms with Gasteiger partial charge in [-0.25, -0.2) is 9.59 Å². The van der Waals surface area contributed by atoms with Crippen LogP contribution in [0.1, 0.15) is 82.0 Å². The van der Waals surface area contributed by atoms with Crippen molar-refractivity contribution in [1.29, 1.82) is 0 Å². The standard InChI is InChI=1S/C33H27NO5/c1-15(2)13-17(14-16(3)4)34-30(35)22-9-5-18-20-7-11-24-29-25(33(38)39-32(24)37)12-8-21(27(20)29)19-6-10-23(31(34)36)28(22)26(18)19/h5-12,15-17H,13-14H2,1-4H3. The van der Waals surface area contributed by atoms with Gasteiger partial charge >= 0.3 is 11.9 Å². The van der Waals surface area contributed by atoms with E-state index in [1.165, 1.54) is 4.90 Å². The molecule has 0 saturated carbocycles. The molecule has 2 amide bonds. The van der Waals surface area contributed by atoms with Gasteiger partial charge in [0.2, 0.25) is 0 Å². The van der Waals surface area contributed by atoms with Crippen LogP contribution in [0.5, 0.6) is 0 Å². The molecule has 0 radical (unpaired) electrons. The van der Waals surface area contributed by atoms with Crippen LogP contribution in [0.4, 0.5) is 0 Å². The Morgan fingerprint density at radius 2 is 0.897 bits per heavy atom. The molecular formula is C33H27NO5. The highest BCUT2D eigenvalue weighted by Crippen LogP contribution is 2.46. The Hall–Kier alpha value is -4.32. The van der Waals surface area contributed by atoms with Crippen molar-refractivity contribution >= 4 is 66.8 Å². The molecule has 2 heterocycles. The third kappa shape index (κ3) is 3.14. The lowest BCUT2D eigenvalue weighted by Crippen LogP contribution is -2.48. The number of carbonyl (C=O) groups is 4. The monoisotopic (exact) mass is 517 g/mol. The normalized spacial score (nSPS) is 15.4. The van der Waals surface area contributed by atoms with Crippen molar-refractivity contribution in [1.82, 2.24) is 4.90 Å². The highest BCUT2D eigenvalue weighted by atomic mass is 16.6. The van der Waals surface area contributed by atoms with Crippen molar-refractivity contribution in [2.24, 2.45) is 11.8 Å². The third-order valence-electron chi connectivity index (χ3n) is 8.28. The van der Waals surface area contributed by atoms with E-state index >= 15 is 0 Å². The van der Waals surface area contributed by atoms with Crippen LogP contribution in [0.15, 0.2) is 48.5 Å². The molecule has 0 saturated heterocycles. The first-order chi connectivity index (χ1) is 18.7. The van der Waals surface area contributed by atoms with Crippen LogP contribution in [0.25, 0.3) is 43.1 Å². The largest absolute Gasteiger partial charge is 0.386 e. The first kappa shape index (κ1) is 23.8. The van der Waals surface area contributed by atoms with Crippen LogP contribution in [-0.4, -0.2) is 34.7 Å². The fraction of sp³-hybridized carbons (Fsp3) is 0.273. The molecule has 39 heavy (non-hydrogen) atoms. The van der Waals surface area contributed by atoms with Gasteiger partial charge in [0.25, 0.3) is 11.8 Å². The summed E-state index contributed by atoms with van der Waals surface area (Å²) >= 11 is 0. The van der Waals surface area contributed by atoms with E-state index < -0.39 is 11.9 Å². The van der Waals surface area contributed by atoms with Gasteiger partial charge in [0, 0.05) is 27.9 Å². The molecule has 5 aromatic carbocycles. The second kappa shape index (κ2) is 8.09. The minimum Gasteiger partial charge on any atom is -0.386 e. The van der Waals surface area contributed by atoms with Gasteiger partial charge in [-0.2, -0.15) is 0 Å². The molecular weight excluding hydrogens is 490 g/mol. The number of rotatable bonds is 5. The molecule has 7 rings (SSSR count). The highest BCUT2D eigenvalue weighted by molar-refractivity contribution is 6.40. The summed E-state index contributed by atoms with van der Waals surface area (Å²) in [6.45, 7) is 8.47. The van der Waals surface area contributed by atoms with E-state index in [1.54, 1.807) is 12.1 Å². The summed E-state index contributed by atoms with van der Waals surface area (Å²) in [6.07, 6.45) is 1.51. The van der Waals surface area contributed by atoms with Crippen molar-refractivity contribution in [2.45, 2.75) is 46.6 Å². The lowest BCUT2D eigenvalue weighted by molar-refractivity contribution is 0.0388. The van der Waals surface area contributed by atoms with E-state index in [4.69, 9.17) is 4.74 Å². The third-order valence-corrected chi connectivity index (χ3v) is 8.28. The number of esters is 2. The maximum Gasteiger partial charge on any atom is 0.346 e. The van der Waals surface area contributed by atoms with E-state index in [9.17, 15) is 19.2 Å². The molecule has 2 aliphatic heterocycles. The van der Waals surface area contributed by atoms with Crippen LogP contribution < -0.4 is 0 Å². The molecule has 6 nitrogen and oxygen atoms in total. The zero-order chi connectivity index (χ0) is 27.3. The van der Waals surface area contributed by atoms with E-state index in [-0.39, 0.29) is 17.9 Å². The molecule has 0 N–H and O–H groups in total. The second-order valence-electron chi connectivity index (χ2n) is 11.7. The van der Waals surface area contributed by atoms with E-state index in [0.29, 0.717) is 44.9 Å². The maximum absolute atomic E-state index is 14.0. The second-order valence-corrected chi connectivity index (χ2v) is 11.7. The molecule has 0 bridgehead atoms. The predicted molar refractivity (Wildman–Crippen MR) is 151 cm³/mol. The molecule has 0 atom stereocenters. The molecule has 5 aromatic rings. The van der Waals surface area contributed by atoms with Gasteiger partial charge in [0.1, 0.15) is 0 Å². The molecule has 0 aliphatic carbocycles. The van der Waals surface area contributed by atoms with Crippen LogP contribution in [-0.2, 0) is 4.74 Å². The molecule has 0 unspecified atom stereocenters. The molecule has 0 aromatic heterocycles. The number of hydrogen-bond acceptors (Lipinski definition) is 5. The van der Waals surface area contributed by atoms with E-state index in [2.05, 4.69) is 27.7 Å². The summed E-state index contributed by atoms with van der Waals surface area (Å²) in [5.41, 5.74) is 1.80. The molecule has 6 heteroatoms. The Kier molecular flexibility index (Phi) is 4.93. The number of cyclic esters (lactones) is 2. The number of ether oxygens (including phenoxy) is 1. The van der Waals surface area contributed by atoms with Gasteiger partial charge in [-0.1, -0.05) is 52.0 Å². The topological polar surface area (TPSA) is 80.8 Å². The van der Waals surface area contributed by atoms with Gasteiger partial charge in [0.05, 0.1) is 11.1 Å². The van der Waals surface area contributed by atoms with Gasteiger partial charge < -0.3 is 4.74 Å². The fourth-order valence-corrected chi connectivity index (χ4v) is 6.86. The van der Waals surface area contributed by atoms with Crippen LogP contribution in [0.3, 0.4) is 0 Å². The summed E-state index contributed by atoms with van der Waals surface area (Å²) in [5.74, 6) is -1.11. The van der Waals surface area contributed by atoms with Crippen molar-refractivity contribution < 1.29 is 23.9 Å². The van der Waals surface area contributed by atoms with Crippen molar-refractivity contribution in [2.75, 3.05) is 0 Å². The van der Waals surface area contributed by atoms with E-state index in [1.807, 2.05) is 36.4 Å². The summed E-state index contributed by atoms with van der Waals surface area (Å²) in [5, 5.41) is 6.43. The van der Waals surface area contributed by atoms with Crippen molar-refractivity contribution in [3.05, 3.63) is 70.8 Å². The average Bonchev–Trinajstić information content (AvgIpc) is 2.88. The number of benzene rings is 5. The Bertz CT molecular complexity index is 1800. The summed E-state index contributed by atoms with van der Waals surface area (Å²) < 4.78 is 4.96. The fourth-order valence-electron chi connectivity index (χ4n) is 6.86. The quantitative estimate of drug-likeness (QED) is 0.0816. The number of hydrogen-bond donors (Lipinski definition) is 0. The van der Waals surface area contributed by atoms with Crippen molar-refractivity contribution in [3.8, 4) is 0 Å². The van der Waals surface area contributed by atoms with Crippen LogP contribution in [0.2, 0.25) is 0 Å². The summed E-state index contributed by atoms with van der Waals surface area (Å²) in [4.78, 5) is 54.6. The van der Waals surface area contributed by atoms with Gasteiger partial charge in [-0.15, -0.1) is 0 Å². The van der Waals surface area contributed by atoms with E-state index in [0.717, 1.165) is 45.2 Å². The van der Waals surface area contributed by atoms with Gasteiger partial charge in [-0.05, 0) is 81.3 Å². The average molecular weight is 518 g/mol. The number of amides is 2. The predicted octanol–water partition coefficient (Wildman–Crippen LogP) is 7.10. The van der Waals surface area contributed by atoms with Crippen LogP contribution in [0, 0.1) is 11.8 Å². The summed E-state index contributed by atoms with van der Waals surface area (Å²) in [6, 6.07) is 14.5. The minimum atomic E-state index is -0.652.